The first-order valence-electron chi connectivity index (χ1n) is 6.82. The SMILES string of the molecule is Cc1cccc(N(C)S(=O)(=O)N2CCC(CCl)CC2)c1. The number of nitrogens with zero attached hydrogens (tertiary/aromatic N) is 2. The fourth-order valence-corrected chi connectivity index (χ4v) is 4.13. The summed E-state index contributed by atoms with van der Waals surface area (Å²) in [5.41, 5.74) is 1.75. The Labute approximate surface area is 126 Å². The average Bonchev–Trinajstić information content (AvgIpc) is 2.46. The van der Waals surface area contributed by atoms with Gasteiger partial charge in [0.25, 0.3) is 0 Å². The van der Waals surface area contributed by atoms with Crippen LogP contribution in [0.2, 0.25) is 0 Å². The Morgan fingerprint density at radius 2 is 2.00 bits per heavy atom. The van der Waals surface area contributed by atoms with Crippen LogP contribution in [0.5, 0.6) is 0 Å². The monoisotopic (exact) mass is 316 g/mol. The molecule has 1 saturated heterocycles. The van der Waals surface area contributed by atoms with E-state index >= 15 is 0 Å². The smallest absolute Gasteiger partial charge is 0.261 e. The van der Waals surface area contributed by atoms with Crippen molar-refractivity contribution >= 4 is 27.5 Å². The van der Waals surface area contributed by atoms with E-state index in [4.69, 9.17) is 11.6 Å². The number of halogens is 1. The molecule has 1 aliphatic heterocycles. The van der Waals surface area contributed by atoms with Crippen LogP contribution in [0.1, 0.15) is 18.4 Å². The van der Waals surface area contributed by atoms with Crippen LogP contribution in [0.3, 0.4) is 0 Å². The molecule has 1 fully saturated rings. The zero-order chi connectivity index (χ0) is 14.8. The van der Waals surface area contributed by atoms with Crippen LogP contribution in [0.25, 0.3) is 0 Å². The molecule has 0 amide bonds. The van der Waals surface area contributed by atoms with Crippen molar-refractivity contribution < 1.29 is 8.42 Å². The Morgan fingerprint density at radius 1 is 1.35 bits per heavy atom. The summed E-state index contributed by atoms with van der Waals surface area (Å²) < 4.78 is 28.1. The van der Waals surface area contributed by atoms with Crippen LogP contribution in [0.4, 0.5) is 5.69 Å². The summed E-state index contributed by atoms with van der Waals surface area (Å²) in [5.74, 6) is 1.05. The third-order valence-electron chi connectivity index (χ3n) is 3.83. The summed E-state index contributed by atoms with van der Waals surface area (Å²) >= 11 is 5.84. The minimum absolute atomic E-state index is 0.437. The van der Waals surface area contributed by atoms with E-state index in [1.54, 1.807) is 11.4 Å². The Kier molecular flexibility index (Phi) is 4.94. The highest BCUT2D eigenvalue weighted by Crippen LogP contribution is 2.25. The fraction of sp³-hybridized carbons (Fsp3) is 0.571. The third kappa shape index (κ3) is 3.27. The van der Waals surface area contributed by atoms with Crippen molar-refractivity contribution in [2.24, 2.45) is 5.92 Å². The topological polar surface area (TPSA) is 40.6 Å². The second-order valence-electron chi connectivity index (χ2n) is 5.31. The molecule has 1 aromatic carbocycles. The summed E-state index contributed by atoms with van der Waals surface area (Å²) in [6.07, 6.45) is 1.68. The molecule has 1 heterocycles. The van der Waals surface area contributed by atoms with Crippen molar-refractivity contribution in [1.29, 1.82) is 0 Å². The highest BCUT2D eigenvalue weighted by Gasteiger charge is 2.31. The van der Waals surface area contributed by atoms with Gasteiger partial charge in [-0.2, -0.15) is 12.7 Å². The van der Waals surface area contributed by atoms with Crippen LogP contribution in [0, 0.1) is 12.8 Å². The van der Waals surface area contributed by atoms with Gasteiger partial charge < -0.3 is 0 Å². The average molecular weight is 317 g/mol. The quantitative estimate of drug-likeness (QED) is 0.801. The van der Waals surface area contributed by atoms with E-state index in [1.165, 1.54) is 4.31 Å². The van der Waals surface area contributed by atoms with Gasteiger partial charge in [0.1, 0.15) is 0 Å². The molecule has 0 radical (unpaired) electrons. The van der Waals surface area contributed by atoms with Gasteiger partial charge in [0, 0.05) is 26.0 Å². The largest absolute Gasteiger partial charge is 0.303 e. The van der Waals surface area contributed by atoms with Crippen LogP contribution < -0.4 is 4.31 Å². The lowest BCUT2D eigenvalue weighted by molar-refractivity contribution is 0.290. The van der Waals surface area contributed by atoms with E-state index in [1.807, 2.05) is 31.2 Å². The van der Waals surface area contributed by atoms with E-state index in [2.05, 4.69) is 0 Å². The van der Waals surface area contributed by atoms with Gasteiger partial charge >= 0.3 is 10.2 Å². The molecule has 112 valence electrons. The zero-order valence-electron chi connectivity index (χ0n) is 11.9. The maximum atomic E-state index is 12.6. The summed E-state index contributed by atoms with van der Waals surface area (Å²) in [6, 6.07) is 7.52. The molecule has 6 heteroatoms. The predicted octanol–water partition coefficient (Wildman–Crippen LogP) is 2.63. The lowest BCUT2D eigenvalue weighted by Crippen LogP contribution is -2.46. The van der Waals surface area contributed by atoms with Crippen LogP contribution >= 0.6 is 11.6 Å². The number of anilines is 1. The lowest BCUT2D eigenvalue weighted by Gasteiger charge is -2.33. The molecule has 0 N–H and O–H groups in total. The normalized spacial score (nSPS) is 18.1. The Balaban J connectivity index is 2.14. The highest BCUT2D eigenvalue weighted by atomic mass is 35.5. The number of piperidine rings is 1. The van der Waals surface area contributed by atoms with Gasteiger partial charge in [0.05, 0.1) is 5.69 Å². The van der Waals surface area contributed by atoms with Gasteiger partial charge in [0.2, 0.25) is 0 Å². The number of alkyl halides is 1. The Morgan fingerprint density at radius 3 is 2.55 bits per heavy atom. The Bertz CT molecular complexity index is 554. The van der Waals surface area contributed by atoms with Crippen molar-refractivity contribution in [3.63, 3.8) is 0 Å². The minimum Gasteiger partial charge on any atom is -0.261 e. The minimum atomic E-state index is -3.44. The van der Waals surface area contributed by atoms with E-state index in [9.17, 15) is 8.42 Å². The molecule has 1 aromatic rings. The van der Waals surface area contributed by atoms with Crippen LogP contribution in [0.15, 0.2) is 24.3 Å². The predicted molar refractivity (Wildman–Crippen MR) is 83.5 cm³/mol. The molecule has 0 unspecified atom stereocenters. The lowest BCUT2D eigenvalue weighted by atomic mass is 10.0. The first-order chi connectivity index (χ1) is 9.45. The van der Waals surface area contributed by atoms with Crippen LogP contribution in [-0.4, -0.2) is 38.7 Å². The van der Waals surface area contributed by atoms with E-state index in [0.29, 0.717) is 30.6 Å². The molecule has 0 bridgehead atoms. The summed E-state index contributed by atoms with van der Waals surface area (Å²) in [4.78, 5) is 0. The van der Waals surface area contributed by atoms with Crippen molar-refractivity contribution in [3.05, 3.63) is 29.8 Å². The van der Waals surface area contributed by atoms with Crippen molar-refractivity contribution in [2.45, 2.75) is 19.8 Å². The van der Waals surface area contributed by atoms with E-state index < -0.39 is 10.2 Å². The second-order valence-corrected chi connectivity index (χ2v) is 7.58. The summed E-state index contributed by atoms with van der Waals surface area (Å²) in [7, 11) is -1.83. The standard InChI is InChI=1S/C14H21ClN2O2S/c1-12-4-3-5-14(10-12)16(2)20(18,19)17-8-6-13(11-15)7-9-17/h3-5,10,13H,6-9,11H2,1-2H3. The van der Waals surface area contributed by atoms with Crippen molar-refractivity contribution in [3.8, 4) is 0 Å². The molecule has 0 saturated carbocycles. The van der Waals surface area contributed by atoms with Gasteiger partial charge in [0.15, 0.2) is 0 Å². The molecule has 0 spiro atoms. The number of hydrogen-bond donors (Lipinski definition) is 0. The first kappa shape index (κ1) is 15.6. The molecule has 0 aliphatic carbocycles. The van der Waals surface area contributed by atoms with Crippen molar-refractivity contribution in [1.82, 2.24) is 4.31 Å². The molecular weight excluding hydrogens is 296 g/mol. The Hall–Kier alpha value is -0.780. The molecule has 2 rings (SSSR count). The number of hydrogen-bond acceptors (Lipinski definition) is 2. The van der Waals surface area contributed by atoms with Gasteiger partial charge in [-0.15, -0.1) is 11.6 Å². The maximum absolute atomic E-state index is 12.6. The first-order valence-corrected chi connectivity index (χ1v) is 8.75. The zero-order valence-corrected chi connectivity index (χ0v) is 13.5. The maximum Gasteiger partial charge on any atom is 0.303 e. The highest BCUT2D eigenvalue weighted by molar-refractivity contribution is 7.90. The van der Waals surface area contributed by atoms with E-state index in [0.717, 1.165) is 18.4 Å². The van der Waals surface area contributed by atoms with E-state index in [-0.39, 0.29) is 0 Å². The van der Waals surface area contributed by atoms with Gasteiger partial charge in [-0.25, -0.2) is 0 Å². The van der Waals surface area contributed by atoms with Gasteiger partial charge in [-0.1, -0.05) is 12.1 Å². The van der Waals surface area contributed by atoms with Gasteiger partial charge in [-0.05, 0) is 43.4 Å². The molecular formula is C14H21ClN2O2S. The number of aryl methyl sites for hydroxylation is 1. The summed E-state index contributed by atoms with van der Waals surface area (Å²) in [5, 5.41) is 0. The third-order valence-corrected chi connectivity index (χ3v) is 6.19. The number of benzene rings is 1. The van der Waals surface area contributed by atoms with Crippen molar-refractivity contribution in [2.75, 3.05) is 30.3 Å². The molecule has 4 nitrogen and oxygen atoms in total. The molecule has 0 atom stereocenters. The van der Waals surface area contributed by atoms with Gasteiger partial charge in [-0.3, -0.25) is 4.31 Å². The fourth-order valence-electron chi connectivity index (χ4n) is 2.42. The molecule has 1 aliphatic rings. The second kappa shape index (κ2) is 6.33. The molecule has 0 aromatic heterocycles. The molecule has 20 heavy (non-hydrogen) atoms. The van der Waals surface area contributed by atoms with Crippen LogP contribution in [-0.2, 0) is 10.2 Å². The summed E-state index contributed by atoms with van der Waals surface area (Å²) in [6.45, 7) is 3.06. The number of rotatable bonds is 4.